The van der Waals surface area contributed by atoms with Crippen LogP contribution in [-0.4, -0.2) is 26.5 Å². The van der Waals surface area contributed by atoms with Crippen LogP contribution < -0.4 is 5.32 Å². The third-order valence-corrected chi connectivity index (χ3v) is 2.92. The molecule has 0 saturated heterocycles. The molecular formula is C12H15ClN4O. The molecule has 0 bridgehead atoms. The molecule has 0 unspecified atom stereocenters. The van der Waals surface area contributed by atoms with Gasteiger partial charge in [-0.15, -0.1) is 0 Å². The number of halogens is 1. The maximum Gasteiger partial charge on any atom is 0.132 e. The summed E-state index contributed by atoms with van der Waals surface area (Å²) < 4.78 is 1.71. The first-order valence-electron chi connectivity index (χ1n) is 5.67. The van der Waals surface area contributed by atoms with Crippen molar-refractivity contribution >= 4 is 17.3 Å². The Labute approximate surface area is 110 Å². The van der Waals surface area contributed by atoms with Crippen LogP contribution in [0.3, 0.4) is 0 Å². The Morgan fingerprint density at radius 2 is 2.28 bits per heavy atom. The normalized spacial score (nSPS) is 10.6. The van der Waals surface area contributed by atoms with Crippen LogP contribution in [0.5, 0.6) is 0 Å². The lowest BCUT2D eigenvalue weighted by atomic mass is 10.3. The lowest BCUT2D eigenvalue weighted by Crippen LogP contribution is -2.02. The van der Waals surface area contributed by atoms with Crippen molar-refractivity contribution in [3.05, 3.63) is 40.9 Å². The Balaban J connectivity index is 1.95. The van der Waals surface area contributed by atoms with E-state index in [4.69, 9.17) is 16.7 Å². The average Bonchev–Trinajstić information content (AvgIpc) is 2.79. The van der Waals surface area contributed by atoms with Gasteiger partial charge in [0.1, 0.15) is 5.15 Å². The summed E-state index contributed by atoms with van der Waals surface area (Å²) in [6.45, 7) is 3.18. The highest BCUT2D eigenvalue weighted by Gasteiger charge is 2.01. The number of nitrogens with zero attached hydrogens (tertiary/aromatic N) is 3. The zero-order valence-electron chi connectivity index (χ0n) is 10.1. The van der Waals surface area contributed by atoms with Crippen LogP contribution >= 0.6 is 11.6 Å². The Morgan fingerprint density at radius 3 is 3.00 bits per heavy atom. The molecule has 0 spiro atoms. The molecular weight excluding hydrogens is 252 g/mol. The number of pyridine rings is 1. The van der Waals surface area contributed by atoms with Gasteiger partial charge in [0.05, 0.1) is 31.2 Å². The predicted molar refractivity (Wildman–Crippen MR) is 70.6 cm³/mol. The zero-order chi connectivity index (χ0) is 13.0. The van der Waals surface area contributed by atoms with Crippen LogP contribution in [0.4, 0.5) is 5.69 Å². The van der Waals surface area contributed by atoms with Gasteiger partial charge in [-0.2, -0.15) is 5.10 Å². The van der Waals surface area contributed by atoms with Gasteiger partial charge in [0.2, 0.25) is 0 Å². The molecule has 96 valence electrons. The van der Waals surface area contributed by atoms with Gasteiger partial charge in [-0.05, 0) is 18.6 Å². The number of aliphatic hydroxyl groups excluding tert-OH is 1. The van der Waals surface area contributed by atoms with Crippen molar-refractivity contribution in [2.24, 2.45) is 0 Å². The second kappa shape index (κ2) is 5.84. The van der Waals surface area contributed by atoms with E-state index in [0.717, 1.165) is 16.8 Å². The molecule has 2 rings (SSSR count). The lowest BCUT2D eigenvalue weighted by molar-refractivity contribution is 0.269. The van der Waals surface area contributed by atoms with Crippen LogP contribution in [0, 0.1) is 6.92 Å². The third-order valence-electron chi connectivity index (χ3n) is 2.53. The minimum atomic E-state index is 0.0921. The number of hydrogen-bond acceptors (Lipinski definition) is 4. The topological polar surface area (TPSA) is 63.0 Å². The summed E-state index contributed by atoms with van der Waals surface area (Å²) >= 11 is 5.86. The van der Waals surface area contributed by atoms with Gasteiger partial charge in [0.25, 0.3) is 0 Å². The first kappa shape index (κ1) is 12.9. The van der Waals surface area contributed by atoms with E-state index >= 15 is 0 Å². The van der Waals surface area contributed by atoms with Crippen molar-refractivity contribution in [1.82, 2.24) is 14.8 Å². The molecule has 0 aliphatic heterocycles. The quantitative estimate of drug-likeness (QED) is 0.811. The Kier molecular flexibility index (Phi) is 4.17. The van der Waals surface area contributed by atoms with E-state index in [9.17, 15) is 0 Å². The number of aliphatic hydroxyl groups is 1. The van der Waals surface area contributed by atoms with Crippen LogP contribution in [0.1, 0.15) is 11.1 Å². The maximum atomic E-state index is 8.80. The predicted octanol–water partition coefficient (Wildman–Crippen LogP) is 1.84. The van der Waals surface area contributed by atoms with Gasteiger partial charge in [-0.25, -0.2) is 4.98 Å². The molecule has 0 amide bonds. The largest absolute Gasteiger partial charge is 0.394 e. The van der Waals surface area contributed by atoms with E-state index in [1.165, 1.54) is 0 Å². The van der Waals surface area contributed by atoms with Crippen molar-refractivity contribution in [3.8, 4) is 0 Å². The van der Waals surface area contributed by atoms with Crippen LogP contribution in [0.2, 0.25) is 5.15 Å². The molecule has 0 aliphatic carbocycles. The molecule has 5 nitrogen and oxygen atoms in total. The number of nitrogens with one attached hydrogen (secondary N) is 1. The molecule has 2 aromatic heterocycles. The van der Waals surface area contributed by atoms with Gasteiger partial charge in [-0.1, -0.05) is 11.6 Å². The van der Waals surface area contributed by atoms with E-state index in [1.54, 1.807) is 17.1 Å². The van der Waals surface area contributed by atoms with Crippen molar-refractivity contribution in [3.63, 3.8) is 0 Å². The van der Waals surface area contributed by atoms with Crippen LogP contribution in [0.25, 0.3) is 0 Å². The summed E-state index contributed by atoms with van der Waals surface area (Å²) in [6, 6.07) is 1.95. The van der Waals surface area contributed by atoms with E-state index in [-0.39, 0.29) is 6.61 Å². The van der Waals surface area contributed by atoms with Crippen molar-refractivity contribution < 1.29 is 5.11 Å². The highest BCUT2D eigenvalue weighted by molar-refractivity contribution is 6.30. The second-order valence-electron chi connectivity index (χ2n) is 4.02. The summed E-state index contributed by atoms with van der Waals surface area (Å²) in [5.74, 6) is 0. The van der Waals surface area contributed by atoms with Crippen LogP contribution in [-0.2, 0) is 13.1 Å². The Morgan fingerprint density at radius 1 is 1.44 bits per heavy atom. The number of aryl methyl sites for hydroxylation is 1. The standard InChI is InChI=1S/C12H15ClN4O/c1-9-4-11(7-15-12(9)13)14-5-10-6-16-17(8-10)2-3-18/h4,6-8,14,18H,2-3,5H2,1H3. The van der Waals surface area contributed by atoms with Gasteiger partial charge in [0.15, 0.2) is 0 Å². The Bertz CT molecular complexity index is 527. The van der Waals surface area contributed by atoms with E-state index < -0.39 is 0 Å². The third kappa shape index (κ3) is 3.21. The number of anilines is 1. The fourth-order valence-corrected chi connectivity index (χ4v) is 1.68. The number of aromatic nitrogens is 3. The fourth-order valence-electron chi connectivity index (χ4n) is 1.58. The van der Waals surface area contributed by atoms with E-state index in [2.05, 4.69) is 15.4 Å². The molecule has 0 saturated carbocycles. The number of hydrogen-bond donors (Lipinski definition) is 2. The highest BCUT2D eigenvalue weighted by Crippen LogP contribution is 2.16. The van der Waals surface area contributed by atoms with Crippen molar-refractivity contribution in [2.75, 3.05) is 11.9 Å². The average molecular weight is 267 g/mol. The molecule has 18 heavy (non-hydrogen) atoms. The van der Waals surface area contributed by atoms with Gasteiger partial charge < -0.3 is 10.4 Å². The molecule has 6 heteroatoms. The van der Waals surface area contributed by atoms with Crippen LogP contribution in [0.15, 0.2) is 24.7 Å². The first-order chi connectivity index (χ1) is 8.69. The summed E-state index contributed by atoms with van der Waals surface area (Å²) in [5.41, 5.74) is 2.92. The molecule has 0 fully saturated rings. The summed E-state index contributed by atoms with van der Waals surface area (Å²) in [6.07, 6.45) is 5.38. The monoisotopic (exact) mass is 266 g/mol. The van der Waals surface area contributed by atoms with Crippen molar-refractivity contribution in [2.45, 2.75) is 20.0 Å². The molecule has 2 heterocycles. The zero-order valence-corrected chi connectivity index (χ0v) is 10.9. The second-order valence-corrected chi connectivity index (χ2v) is 4.38. The SMILES string of the molecule is Cc1cc(NCc2cnn(CCO)c2)cnc1Cl. The Hall–Kier alpha value is -1.59. The van der Waals surface area contributed by atoms with E-state index in [0.29, 0.717) is 18.2 Å². The summed E-state index contributed by atoms with van der Waals surface area (Å²) in [4.78, 5) is 4.07. The molecule has 2 aromatic rings. The number of rotatable bonds is 5. The smallest absolute Gasteiger partial charge is 0.132 e. The molecule has 2 N–H and O–H groups in total. The summed E-state index contributed by atoms with van der Waals surface area (Å²) in [7, 11) is 0. The van der Waals surface area contributed by atoms with Gasteiger partial charge in [0, 0.05) is 18.3 Å². The fraction of sp³-hybridized carbons (Fsp3) is 0.333. The van der Waals surface area contributed by atoms with E-state index in [1.807, 2.05) is 19.2 Å². The highest BCUT2D eigenvalue weighted by atomic mass is 35.5. The maximum absolute atomic E-state index is 8.80. The van der Waals surface area contributed by atoms with Gasteiger partial charge in [-0.3, -0.25) is 4.68 Å². The minimum absolute atomic E-state index is 0.0921. The first-order valence-corrected chi connectivity index (χ1v) is 6.05. The molecule has 0 atom stereocenters. The summed E-state index contributed by atoms with van der Waals surface area (Å²) in [5, 5.41) is 16.7. The lowest BCUT2D eigenvalue weighted by Gasteiger charge is -2.05. The minimum Gasteiger partial charge on any atom is -0.394 e. The molecule has 0 aromatic carbocycles. The van der Waals surface area contributed by atoms with Gasteiger partial charge >= 0.3 is 0 Å². The van der Waals surface area contributed by atoms with Crippen molar-refractivity contribution in [1.29, 1.82) is 0 Å². The molecule has 0 radical (unpaired) electrons. The molecule has 0 aliphatic rings.